The van der Waals surface area contributed by atoms with Crippen molar-refractivity contribution in [2.24, 2.45) is 0 Å². The predicted molar refractivity (Wildman–Crippen MR) is 83.8 cm³/mol. The summed E-state index contributed by atoms with van der Waals surface area (Å²) < 4.78 is 0. The standard InChI is InChI=1S/C16H16N6O/c23-16(12-1-2-14-15(9-12)20-21-19-14)22-7-4-11(5-8-22)13-3-6-17-10-18-13/h1-3,6,9-11H,4-5,7-8H2,(H,19,20,21). The number of nitrogens with one attached hydrogen (secondary N) is 1. The van der Waals surface area contributed by atoms with Crippen molar-refractivity contribution in [2.45, 2.75) is 18.8 Å². The monoisotopic (exact) mass is 308 g/mol. The number of likely N-dealkylation sites (tertiary alicyclic amines) is 1. The van der Waals surface area contributed by atoms with Crippen LogP contribution in [0.5, 0.6) is 0 Å². The Kier molecular flexibility index (Phi) is 3.45. The number of fused-ring (bicyclic) bond motifs is 1. The summed E-state index contributed by atoms with van der Waals surface area (Å²) in [4.78, 5) is 22.8. The van der Waals surface area contributed by atoms with Crippen molar-refractivity contribution in [3.63, 3.8) is 0 Å². The number of aromatic nitrogens is 5. The number of piperidine rings is 1. The molecule has 1 N–H and O–H groups in total. The van der Waals surface area contributed by atoms with E-state index in [1.165, 1.54) is 0 Å². The predicted octanol–water partition coefficient (Wildman–Crippen LogP) is 1.77. The van der Waals surface area contributed by atoms with Crippen LogP contribution < -0.4 is 0 Å². The Morgan fingerprint density at radius 1 is 1.13 bits per heavy atom. The van der Waals surface area contributed by atoms with Gasteiger partial charge >= 0.3 is 0 Å². The van der Waals surface area contributed by atoms with Gasteiger partial charge in [-0.2, -0.15) is 15.4 Å². The number of carbonyl (C=O) groups is 1. The number of benzene rings is 1. The van der Waals surface area contributed by atoms with Gasteiger partial charge in [0.15, 0.2) is 0 Å². The Labute approximate surface area is 132 Å². The summed E-state index contributed by atoms with van der Waals surface area (Å²) in [6.07, 6.45) is 5.21. The van der Waals surface area contributed by atoms with E-state index in [9.17, 15) is 4.79 Å². The summed E-state index contributed by atoms with van der Waals surface area (Å²) >= 11 is 0. The largest absolute Gasteiger partial charge is 0.339 e. The Morgan fingerprint density at radius 3 is 2.74 bits per heavy atom. The normalized spacial score (nSPS) is 15.9. The van der Waals surface area contributed by atoms with Gasteiger partial charge in [-0.15, -0.1) is 0 Å². The smallest absolute Gasteiger partial charge is 0.253 e. The van der Waals surface area contributed by atoms with Crippen LogP contribution in [-0.2, 0) is 0 Å². The number of carbonyl (C=O) groups excluding carboxylic acids is 1. The van der Waals surface area contributed by atoms with E-state index in [0.717, 1.165) is 37.1 Å². The van der Waals surface area contributed by atoms with Crippen molar-refractivity contribution in [3.05, 3.63) is 48.0 Å². The molecule has 0 atom stereocenters. The molecule has 1 amide bonds. The highest BCUT2D eigenvalue weighted by Crippen LogP contribution is 2.27. The van der Waals surface area contributed by atoms with E-state index in [2.05, 4.69) is 25.4 Å². The van der Waals surface area contributed by atoms with Gasteiger partial charge in [-0.3, -0.25) is 4.79 Å². The SMILES string of the molecule is O=C(c1ccc2n[nH]nc2c1)N1CCC(c2ccncn2)CC1. The molecule has 0 unspecified atom stereocenters. The maximum Gasteiger partial charge on any atom is 0.253 e. The number of hydrogen-bond acceptors (Lipinski definition) is 5. The molecular formula is C16H16N6O. The average Bonchev–Trinajstić information content (AvgIpc) is 3.10. The van der Waals surface area contributed by atoms with E-state index >= 15 is 0 Å². The molecule has 0 radical (unpaired) electrons. The van der Waals surface area contributed by atoms with E-state index in [1.54, 1.807) is 18.6 Å². The van der Waals surface area contributed by atoms with Gasteiger partial charge in [0.25, 0.3) is 5.91 Å². The molecule has 1 aliphatic rings. The van der Waals surface area contributed by atoms with Gasteiger partial charge in [0.05, 0.1) is 0 Å². The number of hydrogen-bond donors (Lipinski definition) is 1. The molecular weight excluding hydrogens is 292 g/mol. The van der Waals surface area contributed by atoms with Crippen LogP contribution in [0.4, 0.5) is 0 Å². The van der Waals surface area contributed by atoms with Gasteiger partial charge in [0.1, 0.15) is 17.4 Å². The fourth-order valence-electron chi connectivity index (χ4n) is 3.08. The van der Waals surface area contributed by atoms with E-state index in [0.29, 0.717) is 17.0 Å². The lowest BCUT2D eigenvalue weighted by Gasteiger charge is -2.31. The van der Waals surface area contributed by atoms with Crippen LogP contribution in [0.2, 0.25) is 0 Å². The second kappa shape index (κ2) is 5.75. The lowest BCUT2D eigenvalue weighted by molar-refractivity contribution is 0.0712. The van der Waals surface area contributed by atoms with Crippen LogP contribution in [0, 0.1) is 0 Å². The second-order valence-electron chi connectivity index (χ2n) is 5.73. The highest BCUT2D eigenvalue weighted by molar-refractivity contribution is 5.97. The van der Waals surface area contributed by atoms with Crippen molar-refractivity contribution in [1.29, 1.82) is 0 Å². The molecule has 3 aromatic rings. The minimum atomic E-state index is 0.0519. The molecule has 7 nitrogen and oxygen atoms in total. The van der Waals surface area contributed by atoms with Crippen LogP contribution >= 0.6 is 0 Å². The molecule has 116 valence electrons. The fourth-order valence-corrected chi connectivity index (χ4v) is 3.08. The third-order valence-electron chi connectivity index (χ3n) is 4.37. The van der Waals surface area contributed by atoms with Crippen LogP contribution in [0.15, 0.2) is 36.8 Å². The summed E-state index contributed by atoms with van der Waals surface area (Å²) in [6.45, 7) is 1.48. The van der Waals surface area contributed by atoms with Gasteiger partial charge in [-0.1, -0.05) is 0 Å². The lowest BCUT2D eigenvalue weighted by Crippen LogP contribution is -2.38. The summed E-state index contributed by atoms with van der Waals surface area (Å²) in [7, 11) is 0. The van der Waals surface area contributed by atoms with Gasteiger partial charge < -0.3 is 4.90 Å². The molecule has 2 aromatic heterocycles. The Hall–Kier alpha value is -2.83. The first-order valence-corrected chi connectivity index (χ1v) is 7.67. The van der Waals surface area contributed by atoms with Crippen LogP contribution in [0.25, 0.3) is 11.0 Å². The number of H-pyrrole nitrogens is 1. The molecule has 1 fully saturated rings. The molecule has 7 heteroatoms. The number of amides is 1. The van der Waals surface area contributed by atoms with Gasteiger partial charge in [0, 0.05) is 36.5 Å². The van der Waals surface area contributed by atoms with Crippen molar-refractivity contribution < 1.29 is 4.79 Å². The van der Waals surface area contributed by atoms with Gasteiger partial charge in [0.2, 0.25) is 0 Å². The molecule has 1 aromatic carbocycles. The number of nitrogens with zero attached hydrogens (tertiary/aromatic N) is 5. The first kappa shape index (κ1) is 13.8. The van der Waals surface area contributed by atoms with E-state index < -0.39 is 0 Å². The summed E-state index contributed by atoms with van der Waals surface area (Å²) in [5.74, 6) is 0.455. The molecule has 1 saturated heterocycles. The first-order chi connectivity index (χ1) is 11.3. The minimum absolute atomic E-state index is 0.0519. The van der Waals surface area contributed by atoms with Crippen LogP contribution in [-0.4, -0.2) is 49.3 Å². The quantitative estimate of drug-likeness (QED) is 0.779. The molecule has 0 aliphatic carbocycles. The number of rotatable bonds is 2. The zero-order valence-corrected chi connectivity index (χ0v) is 12.5. The van der Waals surface area contributed by atoms with Gasteiger partial charge in [-0.25, -0.2) is 9.97 Å². The fraction of sp³-hybridized carbons (Fsp3) is 0.312. The van der Waals surface area contributed by atoms with Crippen LogP contribution in [0.1, 0.15) is 34.8 Å². The molecule has 3 heterocycles. The Bertz CT molecular complexity index is 823. The highest BCUT2D eigenvalue weighted by Gasteiger charge is 2.25. The van der Waals surface area contributed by atoms with Crippen LogP contribution in [0.3, 0.4) is 0 Å². The summed E-state index contributed by atoms with van der Waals surface area (Å²) in [5, 5.41) is 10.6. The van der Waals surface area contributed by atoms with Crippen molar-refractivity contribution in [2.75, 3.05) is 13.1 Å². The van der Waals surface area contributed by atoms with Crippen molar-refractivity contribution in [1.82, 2.24) is 30.3 Å². The number of aromatic amines is 1. The summed E-state index contributed by atoms with van der Waals surface area (Å²) in [6, 6.07) is 7.38. The average molecular weight is 308 g/mol. The molecule has 23 heavy (non-hydrogen) atoms. The van der Waals surface area contributed by atoms with E-state index in [4.69, 9.17) is 0 Å². The minimum Gasteiger partial charge on any atom is -0.339 e. The van der Waals surface area contributed by atoms with Gasteiger partial charge in [-0.05, 0) is 37.1 Å². The zero-order chi connectivity index (χ0) is 15.6. The maximum atomic E-state index is 12.7. The first-order valence-electron chi connectivity index (χ1n) is 7.67. The molecule has 4 rings (SSSR count). The topological polar surface area (TPSA) is 87.7 Å². The van der Waals surface area contributed by atoms with E-state index in [-0.39, 0.29) is 5.91 Å². The van der Waals surface area contributed by atoms with Crippen molar-refractivity contribution >= 4 is 16.9 Å². The Balaban J connectivity index is 1.46. The molecule has 0 bridgehead atoms. The molecule has 0 saturated carbocycles. The maximum absolute atomic E-state index is 12.7. The zero-order valence-electron chi connectivity index (χ0n) is 12.5. The second-order valence-corrected chi connectivity index (χ2v) is 5.73. The van der Waals surface area contributed by atoms with Crippen molar-refractivity contribution in [3.8, 4) is 0 Å². The third kappa shape index (κ3) is 2.65. The third-order valence-corrected chi connectivity index (χ3v) is 4.37. The summed E-state index contributed by atoms with van der Waals surface area (Å²) in [5.41, 5.74) is 3.21. The highest BCUT2D eigenvalue weighted by atomic mass is 16.2. The Morgan fingerprint density at radius 2 is 1.96 bits per heavy atom. The van der Waals surface area contributed by atoms with E-state index in [1.807, 2.05) is 23.1 Å². The molecule has 1 aliphatic heterocycles. The molecule has 0 spiro atoms. The lowest BCUT2D eigenvalue weighted by atomic mass is 9.93.